The summed E-state index contributed by atoms with van der Waals surface area (Å²) in [6.07, 6.45) is 3.49. The van der Waals surface area contributed by atoms with Crippen LogP contribution in [0, 0.1) is 5.92 Å². The summed E-state index contributed by atoms with van der Waals surface area (Å²) in [5.74, 6) is -0.873. The van der Waals surface area contributed by atoms with Crippen molar-refractivity contribution in [2.75, 3.05) is 6.54 Å². The molecule has 1 saturated heterocycles. The third-order valence-corrected chi connectivity index (χ3v) is 3.19. The number of hydrogen-bond donors (Lipinski definition) is 2. The highest BCUT2D eigenvalue weighted by Crippen LogP contribution is 2.48. The van der Waals surface area contributed by atoms with Crippen LogP contribution >= 0.6 is 0 Å². The molecule has 1 aliphatic carbocycles. The van der Waals surface area contributed by atoms with Crippen LogP contribution in [0.2, 0.25) is 0 Å². The van der Waals surface area contributed by atoms with Crippen molar-refractivity contribution in [3.05, 3.63) is 0 Å². The number of nitrogens with two attached hydrogens (primary N) is 1. The topological polar surface area (TPSA) is 72.6 Å². The molecule has 4 heteroatoms. The number of aliphatic carboxylic acids is 1. The highest BCUT2D eigenvalue weighted by Gasteiger charge is 2.52. The van der Waals surface area contributed by atoms with Crippen LogP contribution in [0.1, 0.15) is 25.7 Å². The summed E-state index contributed by atoms with van der Waals surface area (Å²) in [4.78, 5) is 10.6. The van der Waals surface area contributed by atoms with Crippen molar-refractivity contribution >= 4 is 5.97 Å². The van der Waals surface area contributed by atoms with Gasteiger partial charge in [0.15, 0.2) is 0 Å². The Kier molecular flexibility index (Phi) is 2.04. The number of carboxylic acid groups (broad SMARTS) is 1. The van der Waals surface area contributed by atoms with Gasteiger partial charge in [0.2, 0.25) is 0 Å². The molecule has 0 aromatic rings. The minimum absolute atomic E-state index is 0.118. The Bertz CT molecular complexity index is 223. The fraction of sp³-hybridized carbons (Fsp3) is 0.889. The van der Waals surface area contributed by atoms with Crippen molar-refractivity contribution in [2.45, 2.75) is 37.4 Å². The molecule has 1 atom stereocenters. The van der Waals surface area contributed by atoms with Gasteiger partial charge in [0.05, 0.1) is 17.6 Å². The first-order valence-corrected chi connectivity index (χ1v) is 4.76. The SMILES string of the molecule is NCC1CCC2(CC(C(=O)O)C2)O1. The second-order valence-corrected chi connectivity index (χ2v) is 4.14. The summed E-state index contributed by atoms with van der Waals surface area (Å²) in [6.45, 7) is 0.555. The number of rotatable bonds is 2. The maximum Gasteiger partial charge on any atom is 0.306 e. The second kappa shape index (κ2) is 2.96. The van der Waals surface area contributed by atoms with Gasteiger partial charge in [-0.3, -0.25) is 4.79 Å². The molecule has 0 amide bonds. The molecule has 1 unspecified atom stereocenters. The van der Waals surface area contributed by atoms with E-state index in [2.05, 4.69) is 0 Å². The maximum absolute atomic E-state index is 10.6. The van der Waals surface area contributed by atoms with Crippen LogP contribution < -0.4 is 5.73 Å². The van der Waals surface area contributed by atoms with Crippen LogP contribution in [0.5, 0.6) is 0 Å². The molecule has 0 radical (unpaired) electrons. The lowest BCUT2D eigenvalue weighted by Crippen LogP contribution is -2.47. The molecular weight excluding hydrogens is 170 g/mol. The molecule has 2 rings (SSSR count). The Morgan fingerprint density at radius 2 is 2.31 bits per heavy atom. The van der Waals surface area contributed by atoms with Crippen LogP contribution in [0.3, 0.4) is 0 Å². The first-order chi connectivity index (χ1) is 6.15. The van der Waals surface area contributed by atoms with E-state index in [1.54, 1.807) is 0 Å². The monoisotopic (exact) mass is 185 g/mol. The van der Waals surface area contributed by atoms with Crippen LogP contribution in [-0.4, -0.2) is 29.3 Å². The summed E-state index contributed by atoms with van der Waals surface area (Å²) < 4.78 is 5.73. The first kappa shape index (κ1) is 8.97. The Balaban J connectivity index is 1.87. The minimum Gasteiger partial charge on any atom is -0.481 e. The largest absolute Gasteiger partial charge is 0.481 e. The molecule has 1 heterocycles. The molecule has 74 valence electrons. The van der Waals surface area contributed by atoms with Crippen LogP contribution in [0.25, 0.3) is 0 Å². The van der Waals surface area contributed by atoms with E-state index in [0.29, 0.717) is 19.4 Å². The van der Waals surface area contributed by atoms with Gasteiger partial charge in [-0.1, -0.05) is 0 Å². The van der Waals surface area contributed by atoms with Crippen molar-refractivity contribution in [1.82, 2.24) is 0 Å². The van der Waals surface area contributed by atoms with E-state index in [4.69, 9.17) is 15.6 Å². The van der Waals surface area contributed by atoms with Crippen LogP contribution in [-0.2, 0) is 9.53 Å². The van der Waals surface area contributed by atoms with Gasteiger partial charge in [-0.2, -0.15) is 0 Å². The Morgan fingerprint density at radius 1 is 1.62 bits per heavy atom. The molecule has 0 aromatic carbocycles. The van der Waals surface area contributed by atoms with E-state index >= 15 is 0 Å². The molecule has 1 saturated carbocycles. The summed E-state index contributed by atoms with van der Waals surface area (Å²) in [7, 11) is 0. The van der Waals surface area contributed by atoms with E-state index in [-0.39, 0.29) is 17.6 Å². The van der Waals surface area contributed by atoms with Gasteiger partial charge < -0.3 is 15.6 Å². The van der Waals surface area contributed by atoms with Gasteiger partial charge in [0.1, 0.15) is 0 Å². The lowest BCUT2D eigenvalue weighted by atomic mass is 9.69. The quantitative estimate of drug-likeness (QED) is 0.651. The predicted molar refractivity (Wildman–Crippen MR) is 46.3 cm³/mol. The number of carboxylic acids is 1. The lowest BCUT2D eigenvalue weighted by molar-refractivity contribution is -0.164. The molecule has 0 aromatic heterocycles. The fourth-order valence-corrected chi connectivity index (χ4v) is 2.37. The third-order valence-electron chi connectivity index (χ3n) is 3.19. The highest BCUT2D eigenvalue weighted by atomic mass is 16.5. The highest BCUT2D eigenvalue weighted by molar-refractivity contribution is 5.71. The van der Waals surface area contributed by atoms with E-state index in [1.807, 2.05) is 0 Å². The Hall–Kier alpha value is -0.610. The molecular formula is C9H15NO3. The zero-order valence-electron chi connectivity index (χ0n) is 7.53. The standard InChI is InChI=1S/C9H15NO3/c10-5-7-1-2-9(13-7)3-6(4-9)8(11)12/h6-7H,1-5,10H2,(H,11,12). The van der Waals surface area contributed by atoms with Gasteiger partial charge in [-0.15, -0.1) is 0 Å². The minimum atomic E-state index is -0.689. The average Bonchev–Trinajstić information content (AvgIpc) is 2.44. The van der Waals surface area contributed by atoms with Crippen LogP contribution in [0.15, 0.2) is 0 Å². The smallest absolute Gasteiger partial charge is 0.306 e. The van der Waals surface area contributed by atoms with E-state index in [1.165, 1.54) is 0 Å². The summed E-state index contributed by atoms with van der Waals surface area (Å²) in [5, 5.41) is 8.72. The van der Waals surface area contributed by atoms with Crippen molar-refractivity contribution in [2.24, 2.45) is 11.7 Å². The summed E-state index contributed by atoms with van der Waals surface area (Å²) >= 11 is 0. The Morgan fingerprint density at radius 3 is 2.77 bits per heavy atom. The van der Waals surface area contributed by atoms with Crippen molar-refractivity contribution in [1.29, 1.82) is 0 Å². The average molecular weight is 185 g/mol. The molecule has 1 aliphatic heterocycles. The summed E-state index contributed by atoms with van der Waals surface area (Å²) in [6, 6.07) is 0. The van der Waals surface area contributed by atoms with Crippen molar-refractivity contribution in [3.63, 3.8) is 0 Å². The van der Waals surface area contributed by atoms with E-state index in [0.717, 1.165) is 12.8 Å². The van der Waals surface area contributed by atoms with E-state index in [9.17, 15) is 4.79 Å². The van der Waals surface area contributed by atoms with Crippen molar-refractivity contribution < 1.29 is 14.6 Å². The molecule has 13 heavy (non-hydrogen) atoms. The van der Waals surface area contributed by atoms with Gasteiger partial charge in [0, 0.05) is 6.54 Å². The number of carbonyl (C=O) groups is 1. The van der Waals surface area contributed by atoms with Crippen molar-refractivity contribution in [3.8, 4) is 0 Å². The molecule has 2 fully saturated rings. The van der Waals surface area contributed by atoms with Gasteiger partial charge in [-0.25, -0.2) is 0 Å². The fourth-order valence-electron chi connectivity index (χ4n) is 2.37. The molecule has 0 bridgehead atoms. The normalized spacial score (nSPS) is 43.5. The molecule has 2 aliphatic rings. The van der Waals surface area contributed by atoms with Gasteiger partial charge in [0.25, 0.3) is 0 Å². The number of ether oxygens (including phenoxy) is 1. The predicted octanol–water partition coefficient (Wildman–Crippen LogP) is 0.357. The molecule has 1 spiro atoms. The zero-order valence-corrected chi connectivity index (χ0v) is 7.53. The lowest BCUT2D eigenvalue weighted by Gasteiger charge is -2.42. The molecule has 4 nitrogen and oxygen atoms in total. The third kappa shape index (κ3) is 1.44. The second-order valence-electron chi connectivity index (χ2n) is 4.14. The summed E-state index contributed by atoms with van der Waals surface area (Å²) in [5.41, 5.74) is 5.37. The van der Waals surface area contributed by atoms with Gasteiger partial charge in [-0.05, 0) is 25.7 Å². The van der Waals surface area contributed by atoms with E-state index < -0.39 is 5.97 Å². The first-order valence-electron chi connectivity index (χ1n) is 4.76. The number of hydrogen-bond acceptors (Lipinski definition) is 3. The maximum atomic E-state index is 10.6. The van der Waals surface area contributed by atoms with Gasteiger partial charge >= 0.3 is 5.97 Å². The zero-order chi connectivity index (χ0) is 9.47. The van der Waals surface area contributed by atoms with Crippen LogP contribution in [0.4, 0.5) is 0 Å². The Labute approximate surface area is 77.1 Å². The molecule has 3 N–H and O–H groups in total.